The predicted octanol–water partition coefficient (Wildman–Crippen LogP) is 4.23. The lowest BCUT2D eigenvalue weighted by Crippen LogP contribution is -2.40. The van der Waals surface area contributed by atoms with Crippen molar-refractivity contribution in [2.24, 2.45) is 5.73 Å². The van der Waals surface area contributed by atoms with Gasteiger partial charge in [-0.25, -0.2) is 9.59 Å². The zero-order valence-corrected chi connectivity index (χ0v) is 17.7. The summed E-state index contributed by atoms with van der Waals surface area (Å²) in [6, 6.07) is 13.2. The van der Waals surface area contributed by atoms with E-state index in [4.69, 9.17) is 5.11 Å². The van der Waals surface area contributed by atoms with Crippen LogP contribution in [0.4, 0.5) is 10.5 Å². The number of anilines is 1. The SMILES string of the molecule is CC(=O)N1c2ccc(-c3ccc(C(=O)O)cc3)cc2CC[C@@H]1C.CC(C)OC(N)=O. The van der Waals surface area contributed by atoms with Gasteiger partial charge in [0.1, 0.15) is 0 Å². The summed E-state index contributed by atoms with van der Waals surface area (Å²) in [7, 11) is 0. The van der Waals surface area contributed by atoms with Crippen LogP contribution in [0.5, 0.6) is 0 Å². The minimum absolute atomic E-state index is 0.0667. The molecular weight excluding hydrogens is 384 g/mol. The van der Waals surface area contributed by atoms with Crippen LogP contribution in [0.3, 0.4) is 0 Å². The quantitative estimate of drug-likeness (QED) is 0.784. The first kappa shape index (κ1) is 22.9. The molecule has 0 spiro atoms. The number of ether oxygens (including phenoxy) is 1. The molecule has 0 fully saturated rings. The zero-order chi connectivity index (χ0) is 22.4. The number of nitrogens with zero attached hydrogens (tertiary/aromatic N) is 1. The number of nitrogens with two attached hydrogens (primary N) is 1. The smallest absolute Gasteiger partial charge is 0.404 e. The molecule has 1 aliphatic rings. The molecule has 0 saturated carbocycles. The molecule has 7 nitrogen and oxygen atoms in total. The third kappa shape index (κ3) is 5.83. The second-order valence-electron chi connectivity index (χ2n) is 7.49. The lowest BCUT2D eigenvalue weighted by Gasteiger charge is -2.34. The number of carbonyl (C=O) groups is 3. The summed E-state index contributed by atoms with van der Waals surface area (Å²) in [4.78, 5) is 34.5. The molecule has 2 amide bonds. The van der Waals surface area contributed by atoms with Crippen molar-refractivity contribution >= 4 is 23.7 Å². The fourth-order valence-electron chi connectivity index (χ4n) is 3.45. The maximum Gasteiger partial charge on any atom is 0.404 e. The number of carboxylic acid groups (broad SMARTS) is 1. The Morgan fingerprint density at radius 2 is 1.70 bits per heavy atom. The average molecular weight is 412 g/mol. The van der Waals surface area contributed by atoms with Crippen molar-refractivity contribution in [3.63, 3.8) is 0 Å². The minimum atomic E-state index is -0.923. The zero-order valence-electron chi connectivity index (χ0n) is 17.7. The first-order valence-corrected chi connectivity index (χ1v) is 9.82. The van der Waals surface area contributed by atoms with Crippen LogP contribution < -0.4 is 10.6 Å². The van der Waals surface area contributed by atoms with Crippen LogP contribution >= 0.6 is 0 Å². The molecule has 1 atom stereocenters. The van der Waals surface area contributed by atoms with E-state index in [2.05, 4.69) is 23.5 Å². The number of hydrogen-bond donors (Lipinski definition) is 2. The van der Waals surface area contributed by atoms with Gasteiger partial charge in [0.25, 0.3) is 0 Å². The predicted molar refractivity (Wildman–Crippen MR) is 116 cm³/mol. The number of hydrogen-bond acceptors (Lipinski definition) is 4. The van der Waals surface area contributed by atoms with E-state index in [-0.39, 0.29) is 23.6 Å². The van der Waals surface area contributed by atoms with Crippen molar-refractivity contribution in [2.45, 2.75) is 52.7 Å². The van der Waals surface area contributed by atoms with Gasteiger partial charge in [0.2, 0.25) is 5.91 Å². The van der Waals surface area contributed by atoms with Crippen molar-refractivity contribution in [1.29, 1.82) is 0 Å². The van der Waals surface area contributed by atoms with Crippen LogP contribution in [0.1, 0.15) is 50.0 Å². The Bertz CT molecular complexity index is 922. The van der Waals surface area contributed by atoms with Crippen molar-refractivity contribution in [2.75, 3.05) is 4.90 Å². The standard InChI is InChI=1S/C19H19NO3.C4H9NO2/c1-12-3-4-17-11-16(9-10-18(17)20(12)13(2)21)14-5-7-15(8-6-14)19(22)23;1-3(2)7-4(5)6/h5-12H,3-4H2,1-2H3,(H,22,23);3H,1-2H3,(H2,5,6)/t12-;/m0./s1. The number of fused-ring (bicyclic) bond motifs is 1. The molecule has 0 unspecified atom stereocenters. The summed E-state index contributed by atoms with van der Waals surface area (Å²) in [6.07, 6.45) is 1.09. The fraction of sp³-hybridized carbons (Fsp3) is 0.348. The number of primary amides is 1. The second-order valence-corrected chi connectivity index (χ2v) is 7.49. The van der Waals surface area contributed by atoms with E-state index in [9.17, 15) is 14.4 Å². The molecular formula is C23H28N2O5. The molecule has 1 aliphatic heterocycles. The van der Waals surface area contributed by atoms with Gasteiger partial charge >= 0.3 is 12.1 Å². The summed E-state index contributed by atoms with van der Waals surface area (Å²) in [5.74, 6) is -0.856. The Morgan fingerprint density at radius 1 is 1.10 bits per heavy atom. The van der Waals surface area contributed by atoms with E-state index in [0.717, 1.165) is 35.2 Å². The van der Waals surface area contributed by atoms with Crippen LogP contribution in [0.15, 0.2) is 42.5 Å². The molecule has 0 bridgehead atoms. The van der Waals surface area contributed by atoms with Crippen LogP contribution in [0, 0.1) is 0 Å². The molecule has 30 heavy (non-hydrogen) atoms. The highest BCUT2D eigenvalue weighted by Crippen LogP contribution is 2.34. The van der Waals surface area contributed by atoms with E-state index in [1.54, 1.807) is 32.9 Å². The maximum atomic E-state index is 11.9. The molecule has 3 N–H and O–H groups in total. The highest BCUT2D eigenvalue weighted by Gasteiger charge is 2.26. The van der Waals surface area contributed by atoms with Crippen LogP contribution in [-0.4, -0.2) is 35.2 Å². The summed E-state index contributed by atoms with van der Waals surface area (Å²) in [6.45, 7) is 7.16. The van der Waals surface area contributed by atoms with Crippen LogP contribution in [-0.2, 0) is 16.0 Å². The van der Waals surface area contributed by atoms with Gasteiger partial charge in [-0.1, -0.05) is 18.2 Å². The topological polar surface area (TPSA) is 110 Å². The lowest BCUT2D eigenvalue weighted by atomic mass is 9.93. The number of carbonyl (C=O) groups excluding carboxylic acids is 2. The van der Waals surface area contributed by atoms with Gasteiger partial charge in [-0.3, -0.25) is 4.79 Å². The molecule has 2 aromatic rings. The van der Waals surface area contributed by atoms with Crippen molar-refractivity contribution in [1.82, 2.24) is 0 Å². The maximum absolute atomic E-state index is 11.9. The molecule has 0 aliphatic carbocycles. The minimum Gasteiger partial charge on any atom is -0.478 e. The molecule has 7 heteroatoms. The van der Waals surface area contributed by atoms with Gasteiger partial charge in [0.05, 0.1) is 11.7 Å². The van der Waals surface area contributed by atoms with E-state index >= 15 is 0 Å². The van der Waals surface area contributed by atoms with Gasteiger partial charge in [0.15, 0.2) is 0 Å². The highest BCUT2D eigenvalue weighted by molar-refractivity contribution is 5.94. The first-order chi connectivity index (χ1) is 14.1. The third-order valence-electron chi connectivity index (χ3n) is 4.77. The summed E-state index contributed by atoms with van der Waals surface area (Å²) < 4.78 is 4.39. The third-order valence-corrected chi connectivity index (χ3v) is 4.77. The molecule has 0 saturated heterocycles. The monoisotopic (exact) mass is 412 g/mol. The Balaban J connectivity index is 0.000000396. The largest absolute Gasteiger partial charge is 0.478 e. The van der Waals surface area contributed by atoms with Gasteiger partial charge in [-0.15, -0.1) is 0 Å². The second kappa shape index (κ2) is 9.91. The van der Waals surface area contributed by atoms with E-state index in [0.29, 0.717) is 0 Å². The van der Waals surface area contributed by atoms with E-state index in [1.165, 1.54) is 0 Å². The van der Waals surface area contributed by atoms with Crippen molar-refractivity contribution < 1.29 is 24.2 Å². The van der Waals surface area contributed by atoms with Gasteiger partial charge in [-0.2, -0.15) is 0 Å². The molecule has 0 aromatic heterocycles. The number of carboxylic acids is 1. The van der Waals surface area contributed by atoms with Crippen LogP contribution in [0.2, 0.25) is 0 Å². The summed E-state index contributed by atoms with van der Waals surface area (Å²) in [5, 5.41) is 8.97. The number of benzene rings is 2. The Kier molecular flexibility index (Phi) is 7.58. The summed E-state index contributed by atoms with van der Waals surface area (Å²) in [5.41, 5.74) is 9.08. The van der Waals surface area contributed by atoms with E-state index in [1.807, 2.05) is 29.2 Å². The Labute approximate surface area is 176 Å². The number of amides is 2. The van der Waals surface area contributed by atoms with Gasteiger partial charge < -0.3 is 20.5 Å². The normalized spacial score (nSPS) is 15.0. The molecule has 160 valence electrons. The Hall–Kier alpha value is -3.35. The number of aromatic carboxylic acids is 1. The van der Waals surface area contributed by atoms with Crippen molar-refractivity contribution in [3.05, 3.63) is 53.6 Å². The summed E-state index contributed by atoms with van der Waals surface area (Å²) >= 11 is 0. The Morgan fingerprint density at radius 3 is 2.17 bits per heavy atom. The molecule has 3 rings (SSSR count). The molecule has 1 heterocycles. The van der Waals surface area contributed by atoms with E-state index < -0.39 is 12.1 Å². The number of rotatable bonds is 3. The lowest BCUT2D eigenvalue weighted by molar-refractivity contribution is -0.117. The fourth-order valence-corrected chi connectivity index (χ4v) is 3.45. The van der Waals surface area contributed by atoms with Gasteiger partial charge in [0, 0.05) is 18.7 Å². The highest BCUT2D eigenvalue weighted by atomic mass is 16.6. The van der Waals surface area contributed by atoms with Crippen LogP contribution in [0.25, 0.3) is 11.1 Å². The average Bonchev–Trinajstić information content (AvgIpc) is 2.66. The first-order valence-electron chi connectivity index (χ1n) is 9.82. The number of aryl methyl sites for hydroxylation is 1. The molecule has 0 radical (unpaired) electrons. The molecule has 2 aromatic carbocycles. The van der Waals surface area contributed by atoms with Gasteiger partial charge in [-0.05, 0) is 74.6 Å². The van der Waals surface area contributed by atoms with Crippen molar-refractivity contribution in [3.8, 4) is 11.1 Å².